The lowest BCUT2D eigenvalue weighted by atomic mass is 9.95. The van der Waals surface area contributed by atoms with E-state index in [1.54, 1.807) is 12.1 Å². The maximum atomic E-state index is 13.0. The van der Waals surface area contributed by atoms with Crippen molar-refractivity contribution in [3.8, 4) is 0 Å². The quantitative estimate of drug-likeness (QED) is 0.419. The highest BCUT2D eigenvalue weighted by Gasteiger charge is 2.41. The van der Waals surface area contributed by atoms with Gasteiger partial charge in [-0.1, -0.05) is 65.1 Å². The van der Waals surface area contributed by atoms with E-state index in [0.29, 0.717) is 17.0 Å². The molecule has 2 aromatic carbocycles. The zero-order chi connectivity index (χ0) is 20.6. The van der Waals surface area contributed by atoms with Crippen LogP contribution in [0.4, 0.5) is 0 Å². The Hall–Kier alpha value is -0.960. The Morgan fingerprint density at radius 1 is 0.931 bits per heavy atom. The van der Waals surface area contributed by atoms with Crippen molar-refractivity contribution >= 4 is 32.4 Å². The van der Waals surface area contributed by atoms with Gasteiger partial charge < -0.3 is 9.64 Å². The zero-order valence-electron chi connectivity index (χ0n) is 16.9. The van der Waals surface area contributed by atoms with E-state index in [1.165, 1.54) is 12.8 Å². The Kier molecular flexibility index (Phi) is 6.35. The van der Waals surface area contributed by atoms with Crippen molar-refractivity contribution in [2.75, 3.05) is 12.0 Å². The highest BCUT2D eigenvalue weighted by molar-refractivity contribution is 14.1. The molecule has 4 nitrogen and oxygen atoms in total. The molecule has 0 spiro atoms. The van der Waals surface area contributed by atoms with Gasteiger partial charge in [-0.2, -0.15) is 0 Å². The first-order valence-electron chi connectivity index (χ1n) is 10.2. The van der Waals surface area contributed by atoms with Crippen molar-refractivity contribution in [3.05, 3.63) is 65.2 Å². The third-order valence-electron chi connectivity index (χ3n) is 6.60. The molecule has 4 atom stereocenters. The van der Waals surface area contributed by atoms with E-state index in [-0.39, 0.29) is 18.0 Å². The van der Waals surface area contributed by atoms with E-state index in [2.05, 4.69) is 34.5 Å². The SMILES string of the molecule is CI.CN1[C@@H]2CC[C@H]1CC(OC1c3ccccc3CS(=O)(=O)c3ccccc31)C2. The lowest BCUT2D eigenvalue weighted by Crippen LogP contribution is -2.43. The molecule has 2 unspecified atom stereocenters. The fraction of sp³-hybridized carbons (Fsp3) is 0.478. The predicted molar refractivity (Wildman–Crippen MR) is 124 cm³/mol. The summed E-state index contributed by atoms with van der Waals surface area (Å²) in [4.78, 5) is 4.89. The summed E-state index contributed by atoms with van der Waals surface area (Å²) in [5, 5.41) is 0. The van der Waals surface area contributed by atoms with E-state index in [0.717, 1.165) is 29.5 Å². The molecule has 0 aliphatic carbocycles. The Balaban J connectivity index is 0.000000994. The van der Waals surface area contributed by atoms with Crippen LogP contribution < -0.4 is 0 Å². The van der Waals surface area contributed by atoms with Gasteiger partial charge in [0.15, 0.2) is 9.84 Å². The summed E-state index contributed by atoms with van der Waals surface area (Å²) < 4.78 is 32.7. The maximum absolute atomic E-state index is 13.0. The molecule has 29 heavy (non-hydrogen) atoms. The maximum Gasteiger partial charge on any atom is 0.182 e. The lowest BCUT2D eigenvalue weighted by molar-refractivity contribution is -0.0435. The van der Waals surface area contributed by atoms with Crippen LogP contribution in [0.5, 0.6) is 0 Å². The minimum atomic E-state index is -3.37. The second kappa shape index (κ2) is 8.65. The van der Waals surface area contributed by atoms with E-state index >= 15 is 0 Å². The molecular formula is C23H28INO3S. The molecule has 3 aliphatic heterocycles. The smallest absolute Gasteiger partial charge is 0.182 e. The number of hydrogen-bond acceptors (Lipinski definition) is 4. The van der Waals surface area contributed by atoms with Gasteiger partial charge in [0.05, 0.1) is 16.8 Å². The zero-order valence-corrected chi connectivity index (χ0v) is 19.9. The number of benzene rings is 2. The van der Waals surface area contributed by atoms with Crippen molar-refractivity contribution in [2.45, 2.75) is 60.6 Å². The summed E-state index contributed by atoms with van der Waals surface area (Å²) in [6, 6.07) is 16.4. The number of rotatable bonds is 2. The van der Waals surface area contributed by atoms with Crippen molar-refractivity contribution in [3.63, 3.8) is 0 Å². The van der Waals surface area contributed by atoms with Crippen molar-refractivity contribution in [2.24, 2.45) is 0 Å². The van der Waals surface area contributed by atoms with Gasteiger partial charge in [-0.15, -0.1) is 0 Å². The van der Waals surface area contributed by atoms with Crippen LogP contribution in [0.2, 0.25) is 0 Å². The summed E-state index contributed by atoms with van der Waals surface area (Å²) >= 11 is 2.15. The van der Waals surface area contributed by atoms with Crippen molar-refractivity contribution in [1.82, 2.24) is 4.90 Å². The van der Waals surface area contributed by atoms with Crippen LogP contribution in [0, 0.1) is 0 Å². The molecular weight excluding hydrogens is 497 g/mol. The van der Waals surface area contributed by atoms with Crippen LogP contribution >= 0.6 is 22.6 Å². The van der Waals surface area contributed by atoms with Gasteiger partial charge in [0.2, 0.25) is 0 Å². The first-order chi connectivity index (χ1) is 14.0. The molecule has 0 radical (unpaired) electrons. The van der Waals surface area contributed by atoms with Gasteiger partial charge in [0, 0.05) is 17.6 Å². The average molecular weight is 525 g/mol. The number of nitrogens with zero attached hydrogens (tertiary/aromatic N) is 1. The normalized spacial score (nSPS) is 29.8. The third-order valence-corrected chi connectivity index (χ3v) is 8.34. The molecule has 2 bridgehead atoms. The van der Waals surface area contributed by atoms with Crippen LogP contribution in [0.15, 0.2) is 53.4 Å². The number of piperidine rings is 1. The van der Waals surface area contributed by atoms with Crippen molar-refractivity contribution in [1.29, 1.82) is 0 Å². The Labute approximate surface area is 187 Å². The van der Waals surface area contributed by atoms with E-state index in [9.17, 15) is 8.42 Å². The topological polar surface area (TPSA) is 46.6 Å². The first-order valence-corrected chi connectivity index (χ1v) is 14.0. The van der Waals surface area contributed by atoms with Crippen LogP contribution in [0.25, 0.3) is 0 Å². The molecule has 0 N–H and O–H groups in total. The molecule has 0 saturated carbocycles. The fourth-order valence-electron chi connectivity index (χ4n) is 5.16. The third kappa shape index (κ3) is 4.01. The number of alkyl halides is 1. The standard InChI is InChI=1S/C22H25NO3S.CH3I/c1-23-16-10-11-17(23)13-18(12-16)26-22-19-7-3-2-6-15(19)14-27(24,25)21-9-5-4-8-20(21)22;1-2/h2-9,16-18,22H,10-14H2,1H3;1H3/t16-,17+,18?,22?;. The summed E-state index contributed by atoms with van der Waals surface area (Å²) in [5.74, 6) is 0.0404. The van der Waals surface area contributed by atoms with Gasteiger partial charge in [-0.3, -0.25) is 0 Å². The Bertz CT molecular complexity index is 964. The van der Waals surface area contributed by atoms with E-state index in [4.69, 9.17) is 4.74 Å². The minimum Gasteiger partial charge on any atom is -0.365 e. The number of fused-ring (bicyclic) bond motifs is 4. The number of ether oxygens (including phenoxy) is 1. The predicted octanol–water partition coefficient (Wildman–Crippen LogP) is 4.76. The van der Waals surface area contributed by atoms with Gasteiger partial charge >= 0.3 is 0 Å². The average Bonchev–Trinajstić information content (AvgIpc) is 2.91. The van der Waals surface area contributed by atoms with Crippen LogP contribution in [0.1, 0.15) is 48.5 Å². The number of hydrogen-bond donors (Lipinski definition) is 0. The molecule has 2 saturated heterocycles. The highest BCUT2D eigenvalue weighted by Crippen LogP contribution is 2.42. The summed E-state index contributed by atoms with van der Waals surface area (Å²) in [7, 11) is -1.15. The molecule has 0 aromatic heterocycles. The van der Waals surface area contributed by atoms with Crippen LogP contribution in [-0.4, -0.2) is 43.5 Å². The van der Waals surface area contributed by atoms with Gasteiger partial charge in [0.1, 0.15) is 6.10 Å². The highest BCUT2D eigenvalue weighted by atomic mass is 127. The summed E-state index contributed by atoms with van der Waals surface area (Å²) in [6.45, 7) is 0. The first kappa shape index (κ1) is 21.3. The molecule has 3 heterocycles. The molecule has 0 amide bonds. The Morgan fingerprint density at radius 2 is 1.52 bits per heavy atom. The second-order valence-electron chi connectivity index (χ2n) is 8.16. The fourth-order valence-corrected chi connectivity index (χ4v) is 6.81. The molecule has 3 aliphatic rings. The number of sulfone groups is 1. The Morgan fingerprint density at radius 3 is 2.21 bits per heavy atom. The molecule has 5 rings (SSSR count). The van der Waals surface area contributed by atoms with E-state index < -0.39 is 9.84 Å². The largest absolute Gasteiger partial charge is 0.365 e. The van der Waals surface area contributed by atoms with Crippen molar-refractivity contribution < 1.29 is 13.2 Å². The summed E-state index contributed by atoms with van der Waals surface area (Å²) in [5.41, 5.74) is 2.64. The van der Waals surface area contributed by atoms with Gasteiger partial charge in [0.25, 0.3) is 0 Å². The molecule has 2 aromatic rings. The van der Waals surface area contributed by atoms with Crippen LogP contribution in [0.3, 0.4) is 0 Å². The molecule has 156 valence electrons. The molecule has 2 fully saturated rings. The minimum absolute atomic E-state index is 0.0404. The second-order valence-corrected chi connectivity index (χ2v) is 10.1. The number of halogens is 1. The van der Waals surface area contributed by atoms with E-state index in [1.807, 2.05) is 41.3 Å². The molecule has 6 heteroatoms. The monoisotopic (exact) mass is 525 g/mol. The van der Waals surface area contributed by atoms with Crippen LogP contribution in [-0.2, 0) is 20.3 Å². The van der Waals surface area contributed by atoms with Gasteiger partial charge in [-0.05, 0) is 54.9 Å². The summed E-state index contributed by atoms with van der Waals surface area (Å²) in [6.07, 6.45) is 4.40. The van der Waals surface area contributed by atoms with Gasteiger partial charge in [-0.25, -0.2) is 8.42 Å². The lowest BCUT2D eigenvalue weighted by Gasteiger charge is -2.38.